The summed E-state index contributed by atoms with van der Waals surface area (Å²) in [5.74, 6) is -5.50. The predicted molar refractivity (Wildman–Crippen MR) is 48.5 cm³/mol. The minimum Gasteiger partial charge on any atom is -0.305 e. The van der Waals surface area contributed by atoms with Gasteiger partial charge in [-0.15, -0.1) is 0 Å². The van der Waals surface area contributed by atoms with E-state index in [1.54, 1.807) is 0 Å². The Morgan fingerprint density at radius 2 is 1.58 bits per heavy atom. The normalized spacial score (nSPS) is 17.5. The molecule has 0 spiro atoms. The largest absolute Gasteiger partial charge is 0.402 e. The van der Waals surface area contributed by atoms with Crippen LogP contribution in [0.4, 0.5) is 30.7 Å². The summed E-state index contributed by atoms with van der Waals surface area (Å²) >= 11 is -4.04. The molecule has 2 N–H and O–H groups in total. The van der Waals surface area contributed by atoms with Gasteiger partial charge < -0.3 is 4.55 Å². The van der Waals surface area contributed by atoms with Crippen molar-refractivity contribution < 1.29 is 47.9 Å². The first-order valence-corrected chi connectivity index (χ1v) is 6.74. The van der Waals surface area contributed by atoms with Gasteiger partial charge in [0, 0.05) is 0 Å². The van der Waals surface area contributed by atoms with Gasteiger partial charge >= 0.3 is 18.5 Å². The SMILES string of the molecule is O=S(O)C(C(F)(F)C(F)F)S(=O)(=O)NCC(F)(F)F. The molecular weight excluding hydrogens is 335 g/mol. The number of sulfonamides is 1. The second kappa shape index (κ2) is 5.88. The molecule has 0 aromatic rings. The summed E-state index contributed by atoms with van der Waals surface area (Å²) in [6.07, 6.45) is -9.81. The predicted octanol–water partition coefficient (Wildman–Crippen LogP) is 0.916. The average molecular weight is 341 g/mol. The summed E-state index contributed by atoms with van der Waals surface area (Å²) in [6, 6.07) is 0. The molecule has 0 saturated heterocycles. The lowest BCUT2D eigenvalue weighted by molar-refractivity contribution is -0.123. The van der Waals surface area contributed by atoms with Crippen LogP contribution < -0.4 is 4.72 Å². The fraction of sp³-hybridized carbons (Fsp3) is 1.00. The third kappa shape index (κ3) is 5.19. The second-order valence-electron chi connectivity index (χ2n) is 3.06. The zero-order valence-corrected chi connectivity index (χ0v) is 10.1. The summed E-state index contributed by atoms with van der Waals surface area (Å²) in [7, 11) is -5.81. The fourth-order valence-corrected chi connectivity index (χ4v) is 3.29. The molecule has 0 radical (unpaired) electrons. The van der Waals surface area contributed by atoms with Gasteiger partial charge in [0.15, 0.2) is 11.1 Å². The number of hydrogen-bond donors (Lipinski definition) is 2. The Morgan fingerprint density at radius 1 is 1.16 bits per heavy atom. The number of halogens is 7. The molecule has 0 aromatic carbocycles. The fourth-order valence-electron chi connectivity index (χ4n) is 0.811. The zero-order valence-electron chi connectivity index (χ0n) is 8.50. The lowest BCUT2D eigenvalue weighted by Crippen LogP contribution is -2.53. The molecule has 0 aromatic heterocycles. The van der Waals surface area contributed by atoms with Crippen LogP contribution in [0.1, 0.15) is 0 Å². The van der Waals surface area contributed by atoms with Crippen molar-refractivity contribution in [2.45, 2.75) is 23.1 Å². The van der Waals surface area contributed by atoms with E-state index in [-0.39, 0.29) is 0 Å². The van der Waals surface area contributed by atoms with Crippen molar-refractivity contribution in [2.24, 2.45) is 0 Å². The van der Waals surface area contributed by atoms with E-state index in [1.807, 2.05) is 0 Å². The average Bonchev–Trinajstić information content (AvgIpc) is 2.11. The van der Waals surface area contributed by atoms with E-state index in [0.717, 1.165) is 0 Å². The van der Waals surface area contributed by atoms with E-state index in [4.69, 9.17) is 4.55 Å². The molecule has 2 atom stereocenters. The highest BCUT2D eigenvalue weighted by Crippen LogP contribution is 2.32. The van der Waals surface area contributed by atoms with Gasteiger partial charge in [0.2, 0.25) is 14.6 Å². The highest BCUT2D eigenvalue weighted by molar-refractivity contribution is 8.03. The lowest BCUT2D eigenvalue weighted by Gasteiger charge is -2.23. The molecule has 5 nitrogen and oxygen atoms in total. The highest BCUT2D eigenvalue weighted by atomic mass is 32.3. The number of nitrogens with one attached hydrogen (secondary N) is 1. The van der Waals surface area contributed by atoms with Crippen molar-refractivity contribution in [3.8, 4) is 0 Å². The van der Waals surface area contributed by atoms with E-state index in [0.29, 0.717) is 4.72 Å². The topological polar surface area (TPSA) is 83.5 Å². The maximum atomic E-state index is 12.8. The van der Waals surface area contributed by atoms with Crippen LogP contribution in [0.5, 0.6) is 0 Å². The first kappa shape index (κ1) is 18.5. The molecule has 0 amide bonds. The number of rotatable bonds is 6. The van der Waals surface area contributed by atoms with Crippen molar-refractivity contribution >= 4 is 21.1 Å². The highest BCUT2D eigenvalue weighted by Gasteiger charge is 2.59. The van der Waals surface area contributed by atoms with Gasteiger partial charge in [-0.2, -0.15) is 22.0 Å². The first-order valence-electron chi connectivity index (χ1n) is 4.02. The lowest BCUT2D eigenvalue weighted by atomic mass is 10.4. The molecule has 0 bridgehead atoms. The van der Waals surface area contributed by atoms with Crippen LogP contribution in [-0.4, -0.2) is 46.8 Å². The van der Waals surface area contributed by atoms with Gasteiger partial charge in [0.25, 0.3) is 0 Å². The molecule has 0 aliphatic carbocycles. The van der Waals surface area contributed by atoms with E-state index in [2.05, 4.69) is 0 Å². The Morgan fingerprint density at radius 3 is 1.84 bits per heavy atom. The van der Waals surface area contributed by atoms with Gasteiger partial charge in [0.05, 0.1) is 0 Å². The van der Waals surface area contributed by atoms with Gasteiger partial charge in [-0.05, 0) is 0 Å². The third-order valence-corrected chi connectivity index (χ3v) is 4.90. The maximum Gasteiger partial charge on any atom is 0.402 e. The van der Waals surface area contributed by atoms with Crippen molar-refractivity contribution in [1.82, 2.24) is 4.72 Å². The number of hydrogen-bond acceptors (Lipinski definition) is 3. The van der Waals surface area contributed by atoms with Crippen molar-refractivity contribution in [3.63, 3.8) is 0 Å². The second-order valence-corrected chi connectivity index (χ2v) is 6.24. The summed E-state index contributed by atoms with van der Waals surface area (Å²) in [4.78, 5) is 0. The van der Waals surface area contributed by atoms with Crippen molar-refractivity contribution in [1.29, 1.82) is 0 Å². The van der Waals surface area contributed by atoms with Crippen molar-refractivity contribution in [3.05, 3.63) is 0 Å². The Kier molecular flexibility index (Phi) is 5.74. The van der Waals surface area contributed by atoms with Crippen LogP contribution >= 0.6 is 0 Å². The summed E-state index contributed by atoms with van der Waals surface area (Å²) in [6.45, 7) is -2.34. The Balaban J connectivity index is 5.37. The Bertz CT molecular complexity index is 433. The van der Waals surface area contributed by atoms with Crippen LogP contribution in [-0.2, 0) is 21.1 Å². The minimum absolute atomic E-state index is 0.522. The molecule has 0 aliphatic rings. The first-order chi connectivity index (χ1) is 8.22. The maximum absolute atomic E-state index is 12.8. The van der Waals surface area contributed by atoms with Crippen LogP contribution in [0, 0.1) is 0 Å². The minimum atomic E-state index is -5.81. The van der Waals surface area contributed by atoms with E-state index in [9.17, 15) is 43.4 Å². The van der Waals surface area contributed by atoms with E-state index >= 15 is 0 Å². The van der Waals surface area contributed by atoms with Crippen molar-refractivity contribution in [2.75, 3.05) is 6.54 Å². The standard InChI is InChI=1S/C5H6F7NO4S2/c6-2(7)5(11,12)3(18(14)15)19(16,17)13-1-4(8,9)10/h2-3,13H,1H2,(H,14,15). The Labute approximate surface area is 104 Å². The van der Waals surface area contributed by atoms with Gasteiger partial charge in [-0.3, -0.25) is 0 Å². The van der Waals surface area contributed by atoms with E-state index < -0.39 is 50.8 Å². The van der Waals surface area contributed by atoms with Gasteiger partial charge in [-0.25, -0.2) is 26.1 Å². The molecule has 116 valence electrons. The Hall–Kier alpha value is -0.470. The molecule has 19 heavy (non-hydrogen) atoms. The molecule has 0 heterocycles. The van der Waals surface area contributed by atoms with E-state index in [1.165, 1.54) is 0 Å². The zero-order chi connectivity index (χ0) is 15.6. The van der Waals surface area contributed by atoms with Crippen LogP contribution in [0.3, 0.4) is 0 Å². The number of alkyl halides is 7. The van der Waals surface area contributed by atoms with Gasteiger partial charge in [-0.1, -0.05) is 0 Å². The summed E-state index contributed by atoms with van der Waals surface area (Å²) < 4.78 is 122. The van der Waals surface area contributed by atoms with Crippen LogP contribution in [0.15, 0.2) is 0 Å². The molecule has 2 unspecified atom stereocenters. The molecule has 0 rings (SSSR count). The molecule has 0 fully saturated rings. The molecule has 0 saturated carbocycles. The molecule has 14 heteroatoms. The molecular formula is C5H6F7NO4S2. The van der Waals surface area contributed by atoms with Crippen LogP contribution in [0.2, 0.25) is 0 Å². The summed E-state index contributed by atoms with van der Waals surface area (Å²) in [5.41, 5.74) is 0. The third-order valence-electron chi connectivity index (χ3n) is 1.54. The molecule has 0 aliphatic heterocycles. The van der Waals surface area contributed by atoms with Crippen LogP contribution in [0.25, 0.3) is 0 Å². The van der Waals surface area contributed by atoms with Gasteiger partial charge in [0.1, 0.15) is 6.54 Å². The summed E-state index contributed by atoms with van der Waals surface area (Å²) in [5, 5.41) is 0. The quantitative estimate of drug-likeness (QED) is 0.556. The smallest absolute Gasteiger partial charge is 0.305 e. The monoisotopic (exact) mass is 341 g/mol.